The average Bonchev–Trinajstić information content (AvgIpc) is 3.41. The highest BCUT2D eigenvalue weighted by molar-refractivity contribution is 5.89. The second-order valence-electron chi connectivity index (χ2n) is 7.27. The summed E-state index contributed by atoms with van der Waals surface area (Å²) in [5.41, 5.74) is 4.38. The topological polar surface area (TPSA) is 55.1 Å². The highest BCUT2D eigenvalue weighted by Gasteiger charge is 2.25. The Balaban J connectivity index is 1.61. The number of fused-ring (bicyclic) bond motifs is 1. The number of aromatic nitrogens is 2. The average molecular weight is 348 g/mol. The van der Waals surface area contributed by atoms with Crippen molar-refractivity contribution in [2.45, 2.75) is 51.5 Å². The van der Waals surface area contributed by atoms with Gasteiger partial charge in [0.2, 0.25) is 0 Å². The standard InChI is InChI=1S/C22H24N2O2/c1-2-3-9-24-10-8-17-11-15(4-7-21(17)24)12-20-19(22(25)26)13-18(14-23-20)16-5-6-16/h4,7-8,10-11,13-14,16H,2-3,5-6,9,12H2,1H3,(H,25,26). The first kappa shape index (κ1) is 16.8. The molecule has 0 bridgehead atoms. The molecule has 1 N–H and O–H groups in total. The van der Waals surface area contributed by atoms with Crippen molar-refractivity contribution in [3.8, 4) is 0 Å². The third kappa shape index (κ3) is 3.36. The molecule has 1 saturated carbocycles. The van der Waals surface area contributed by atoms with Gasteiger partial charge in [-0.25, -0.2) is 4.79 Å². The minimum Gasteiger partial charge on any atom is -0.478 e. The molecule has 3 aromatic rings. The van der Waals surface area contributed by atoms with Gasteiger partial charge in [-0.15, -0.1) is 0 Å². The Bertz CT molecular complexity index is 954. The van der Waals surface area contributed by atoms with Crippen LogP contribution in [0.25, 0.3) is 10.9 Å². The number of nitrogens with zero attached hydrogens (tertiary/aromatic N) is 2. The van der Waals surface area contributed by atoms with Crippen LogP contribution < -0.4 is 0 Å². The molecule has 1 aromatic carbocycles. The largest absolute Gasteiger partial charge is 0.478 e. The number of carboxylic acid groups (broad SMARTS) is 1. The molecule has 1 fully saturated rings. The predicted molar refractivity (Wildman–Crippen MR) is 103 cm³/mol. The van der Waals surface area contributed by atoms with Gasteiger partial charge in [-0.1, -0.05) is 19.4 Å². The summed E-state index contributed by atoms with van der Waals surface area (Å²) in [4.78, 5) is 16.2. The Kier molecular flexibility index (Phi) is 4.49. The number of aryl methyl sites for hydroxylation is 1. The van der Waals surface area contributed by atoms with E-state index in [0.717, 1.165) is 30.5 Å². The first-order valence-electron chi connectivity index (χ1n) is 9.45. The quantitative estimate of drug-likeness (QED) is 0.653. The zero-order valence-electron chi connectivity index (χ0n) is 15.1. The van der Waals surface area contributed by atoms with E-state index >= 15 is 0 Å². The van der Waals surface area contributed by atoms with E-state index < -0.39 is 5.97 Å². The van der Waals surface area contributed by atoms with Crippen molar-refractivity contribution in [2.24, 2.45) is 0 Å². The fourth-order valence-electron chi connectivity index (χ4n) is 3.55. The molecule has 0 aliphatic heterocycles. The lowest BCUT2D eigenvalue weighted by Crippen LogP contribution is -2.07. The summed E-state index contributed by atoms with van der Waals surface area (Å²) in [5, 5.41) is 10.8. The van der Waals surface area contributed by atoms with Gasteiger partial charge in [0, 0.05) is 30.9 Å². The van der Waals surface area contributed by atoms with Gasteiger partial charge in [0.25, 0.3) is 0 Å². The van der Waals surface area contributed by atoms with Gasteiger partial charge in [-0.2, -0.15) is 0 Å². The molecule has 0 unspecified atom stereocenters. The van der Waals surface area contributed by atoms with E-state index in [-0.39, 0.29) is 0 Å². The maximum atomic E-state index is 11.7. The fourth-order valence-corrected chi connectivity index (χ4v) is 3.55. The molecule has 0 amide bonds. The molecule has 4 nitrogen and oxygen atoms in total. The van der Waals surface area contributed by atoms with E-state index in [1.165, 1.54) is 23.7 Å². The van der Waals surface area contributed by atoms with Gasteiger partial charge in [-0.3, -0.25) is 4.98 Å². The van der Waals surface area contributed by atoms with E-state index in [4.69, 9.17) is 0 Å². The first-order valence-corrected chi connectivity index (χ1v) is 9.45. The highest BCUT2D eigenvalue weighted by Crippen LogP contribution is 2.40. The molecule has 2 heterocycles. The van der Waals surface area contributed by atoms with Crippen molar-refractivity contribution in [1.29, 1.82) is 0 Å². The number of pyridine rings is 1. The van der Waals surface area contributed by atoms with Gasteiger partial charge in [0.05, 0.1) is 11.3 Å². The number of carbonyl (C=O) groups is 1. The van der Waals surface area contributed by atoms with Crippen molar-refractivity contribution >= 4 is 16.9 Å². The van der Waals surface area contributed by atoms with Crippen LogP contribution in [-0.4, -0.2) is 20.6 Å². The SMILES string of the molecule is CCCCn1ccc2cc(Cc3ncc(C4CC4)cc3C(=O)O)ccc21. The van der Waals surface area contributed by atoms with Crippen LogP contribution in [0.5, 0.6) is 0 Å². The van der Waals surface area contributed by atoms with Crippen LogP contribution in [0, 0.1) is 0 Å². The van der Waals surface area contributed by atoms with Gasteiger partial charge in [0.1, 0.15) is 0 Å². The van der Waals surface area contributed by atoms with Crippen LogP contribution in [0.4, 0.5) is 0 Å². The number of unbranched alkanes of at least 4 members (excludes halogenated alkanes) is 1. The van der Waals surface area contributed by atoms with Crippen molar-refractivity contribution < 1.29 is 9.90 Å². The lowest BCUT2D eigenvalue weighted by atomic mass is 10.0. The zero-order chi connectivity index (χ0) is 18.1. The van der Waals surface area contributed by atoms with Gasteiger partial charge in [-0.05, 0) is 66.0 Å². The fraction of sp³-hybridized carbons (Fsp3) is 0.364. The molecular formula is C22H24N2O2. The van der Waals surface area contributed by atoms with Crippen molar-refractivity contribution in [2.75, 3.05) is 0 Å². The second kappa shape index (κ2) is 6.94. The number of aromatic carboxylic acids is 1. The summed E-state index contributed by atoms with van der Waals surface area (Å²) in [6.07, 6.45) is 9.18. The zero-order valence-corrected chi connectivity index (χ0v) is 15.1. The van der Waals surface area contributed by atoms with Gasteiger partial charge < -0.3 is 9.67 Å². The minimum absolute atomic E-state index is 0.343. The first-order chi connectivity index (χ1) is 12.7. The highest BCUT2D eigenvalue weighted by atomic mass is 16.4. The predicted octanol–water partition coefficient (Wildman–Crippen LogP) is 5.00. The monoisotopic (exact) mass is 348 g/mol. The summed E-state index contributed by atoms with van der Waals surface area (Å²) in [6.45, 7) is 3.23. The Morgan fingerprint density at radius 2 is 2.12 bits per heavy atom. The van der Waals surface area contributed by atoms with Crippen LogP contribution in [0.15, 0.2) is 42.7 Å². The molecule has 0 atom stereocenters. The molecule has 0 radical (unpaired) electrons. The lowest BCUT2D eigenvalue weighted by Gasteiger charge is -2.09. The van der Waals surface area contributed by atoms with Crippen LogP contribution >= 0.6 is 0 Å². The van der Waals surface area contributed by atoms with E-state index in [9.17, 15) is 9.90 Å². The molecular weight excluding hydrogens is 324 g/mol. The number of rotatable bonds is 7. The minimum atomic E-state index is -0.887. The third-order valence-electron chi connectivity index (χ3n) is 5.23. The Morgan fingerprint density at radius 3 is 2.85 bits per heavy atom. The molecule has 0 saturated heterocycles. The smallest absolute Gasteiger partial charge is 0.337 e. The summed E-state index contributed by atoms with van der Waals surface area (Å²) in [6, 6.07) is 10.3. The maximum Gasteiger partial charge on any atom is 0.337 e. The Morgan fingerprint density at radius 1 is 1.27 bits per heavy atom. The van der Waals surface area contributed by atoms with Gasteiger partial charge in [0.15, 0.2) is 0 Å². The number of carboxylic acids is 1. The summed E-state index contributed by atoms with van der Waals surface area (Å²) in [7, 11) is 0. The number of hydrogen-bond acceptors (Lipinski definition) is 2. The molecule has 134 valence electrons. The summed E-state index contributed by atoms with van der Waals surface area (Å²) < 4.78 is 2.29. The molecule has 4 heteroatoms. The number of benzene rings is 1. The second-order valence-corrected chi connectivity index (χ2v) is 7.27. The van der Waals surface area contributed by atoms with Crippen LogP contribution in [0.3, 0.4) is 0 Å². The van der Waals surface area contributed by atoms with Crippen molar-refractivity contribution in [3.63, 3.8) is 0 Å². The van der Waals surface area contributed by atoms with E-state index in [2.05, 4.69) is 46.9 Å². The molecule has 2 aromatic heterocycles. The van der Waals surface area contributed by atoms with Crippen LogP contribution in [0.2, 0.25) is 0 Å². The van der Waals surface area contributed by atoms with Crippen molar-refractivity contribution in [3.05, 3.63) is 65.1 Å². The summed E-state index contributed by atoms with van der Waals surface area (Å²) in [5.74, 6) is -0.379. The normalized spacial score (nSPS) is 14.0. The molecule has 1 aliphatic carbocycles. The molecule has 0 spiro atoms. The Hall–Kier alpha value is -2.62. The van der Waals surface area contributed by atoms with E-state index in [1.54, 1.807) is 0 Å². The lowest BCUT2D eigenvalue weighted by molar-refractivity contribution is 0.0695. The number of hydrogen-bond donors (Lipinski definition) is 1. The van der Waals surface area contributed by atoms with Crippen LogP contribution in [-0.2, 0) is 13.0 Å². The van der Waals surface area contributed by atoms with Gasteiger partial charge >= 0.3 is 5.97 Å². The molecule has 26 heavy (non-hydrogen) atoms. The van der Waals surface area contributed by atoms with E-state index in [1.807, 2.05) is 12.3 Å². The maximum absolute atomic E-state index is 11.7. The summed E-state index contributed by atoms with van der Waals surface area (Å²) >= 11 is 0. The molecule has 4 rings (SSSR count). The van der Waals surface area contributed by atoms with Crippen molar-refractivity contribution in [1.82, 2.24) is 9.55 Å². The molecule has 1 aliphatic rings. The van der Waals surface area contributed by atoms with E-state index in [0.29, 0.717) is 23.6 Å². The Labute approximate surface area is 153 Å². The third-order valence-corrected chi connectivity index (χ3v) is 5.23. The van der Waals surface area contributed by atoms with Crippen LogP contribution in [0.1, 0.15) is 65.7 Å².